The number of rotatable bonds is 7. The van der Waals surface area contributed by atoms with Crippen LogP contribution < -0.4 is 19.5 Å². The molecule has 0 amide bonds. The number of nitrogens with one attached hydrogen (secondary N) is 1. The molecule has 0 aliphatic carbocycles. The normalized spacial score (nSPS) is 13.4. The van der Waals surface area contributed by atoms with E-state index in [1.165, 1.54) is 6.07 Å². The molecule has 3 rings (SSSR count). The fourth-order valence-electron chi connectivity index (χ4n) is 2.89. The molecular formula is C20H24FNO3. The third kappa shape index (κ3) is 4.63. The smallest absolute Gasteiger partial charge is 0.164 e. The second-order valence-electron chi connectivity index (χ2n) is 6.03. The number of halogens is 1. The van der Waals surface area contributed by atoms with Crippen LogP contribution in [0.25, 0.3) is 0 Å². The Hall–Kier alpha value is -2.27. The molecule has 0 atom stereocenters. The van der Waals surface area contributed by atoms with Crippen molar-refractivity contribution in [2.24, 2.45) is 0 Å². The fourth-order valence-corrected chi connectivity index (χ4v) is 2.89. The van der Waals surface area contributed by atoms with Gasteiger partial charge >= 0.3 is 0 Å². The van der Waals surface area contributed by atoms with Crippen molar-refractivity contribution in [2.45, 2.75) is 25.8 Å². The maximum absolute atomic E-state index is 13.6. The molecule has 1 aliphatic rings. The third-order valence-electron chi connectivity index (χ3n) is 4.22. The van der Waals surface area contributed by atoms with E-state index in [4.69, 9.17) is 14.2 Å². The highest BCUT2D eigenvalue weighted by Crippen LogP contribution is 2.36. The summed E-state index contributed by atoms with van der Waals surface area (Å²) in [6.07, 6.45) is 2.46. The summed E-state index contributed by atoms with van der Waals surface area (Å²) in [5.41, 5.74) is 1.79. The molecule has 2 aromatic rings. The quantitative estimate of drug-likeness (QED) is 0.777. The summed E-state index contributed by atoms with van der Waals surface area (Å²) in [5, 5.41) is 3.39. The zero-order valence-electron chi connectivity index (χ0n) is 14.5. The molecule has 0 fully saturated rings. The summed E-state index contributed by atoms with van der Waals surface area (Å²) in [4.78, 5) is 0. The number of fused-ring (bicyclic) bond motifs is 1. The first-order valence-electron chi connectivity index (χ1n) is 8.68. The van der Waals surface area contributed by atoms with E-state index in [9.17, 15) is 4.39 Å². The summed E-state index contributed by atoms with van der Waals surface area (Å²) >= 11 is 0. The average molecular weight is 345 g/mol. The Kier molecular flexibility index (Phi) is 6.12. The number of hydrogen-bond donors (Lipinski definition) is 1. The fraction of sp³-hybridized carbons (Fsp3) is 0.400. The van der Waals surface area contributed by atoms with Gasteiger partial charge in [0.05, 0.1) is 20.3 Å². The van der Waals surface area contributed by atoms with Gasteiger partial charge < -0.3 is 19.5 Å². The number of methoxy groups -OCH3 is 1. The Balaban J connectivity index is 1.54. The molecule has 1 aliphatic heterocycles. The molecule has 1 heterocycles. The molecule has 0 saturated carbocycles. The van der Waals surface area contributed by atoms with E-state index in [1.807, 2.05) is 24.3 Å². The predicted octanol–water partition coefficient (Wildman–Crippen LogP) is 3.72. The summed E-state index contributed by atoms with van der Waals surface area (Å²) in [7, 11) is 1.65. The van der Waals surface area contributed by atoms with Gasteiger partial charge in [0.2, 0.25) is 0 Å². The molecule has 0 unspecified atom stereocenters. The SMILES string of the molecule is COc1cc2c(cc1CNCCCc1ccccc1F)OCCCO2. The lowest BCUT2D eigenvalue weighted by atomic mass is 10.1. The predicted molar refractivity (Wildman–Crippen MR) is 95.0 cm³/mol. The number of hydrogen-bond acceptors (Lipinski definition) is 4. The topological polar surface area (TPSA) is 39.7 Å². The molecule has 5 heteroatoms. The van der Waals surface area contributed by atoms with Gasteiger partial charge in [-0.25, -0.2) is 4.39 Å². The Morgan fingerprint density at radius 2 is 1.84 bits per heavy atom. The molecule has 0 spiro atoms. The molecule has 2 aromatic carbocycles. The van der Waals surface area contributed by atoms with Crippen LogP contribution in [-0.4, -0.2) is 26.9 Å². The van der Waals surface area contributed by atoms with Gasteiger partial charge in [0.25, 0.3) is 0 Å². The molecular weight excluding hydrogens is 321 g/mol. The second-order valence-corrected chi connectivity index (χ2v) is 6.03. The minimum Gasteiger partial charge on any atom is -0.496 e. The van der Waals surface area contributed by atoms with Crippen LogP contribution >= 0.6 is 0 Å². The lowest BCUT2D eigenvalue weighted by Gasteiger charge is -2.14. The van der Waals surface area contributed by atoms with Crippen molar-refractivity contribution in [1.29, 1.82) is 0 Å². The summed E-state index contributed by atoms with van der Waals surface area (Å²) in [5.74, 6) is 2.15. The van der Waals surface area contributed by atoms with E-state index in [0.29, 0.717) is 19.8 Å². The minimum atomic E-state index is -0.132. The standard InChI is InChI=1S/C20H24FNO3/c1-23-18-13-20-19(24-10-5-11-25-20)12-16(18)14-22-9-4-7-15-6-2-3-8-17(15)21/h2-3,6,8,12-13,22H,4-5,7,9-11,14H2,1H3. The average Bonchev–Trinajstić information content (AvgIpc) is 2.87. The minimum absolute atomic E-state index is 0.132. The van der Waals surface area contributed by atoms with Crippen molar-refractivity contribution in [3.05, 3.63) is 53.3 Å². The van der Waals surface area contributed by atoms with Crippen LogP contribution in [0.2, 0.25) is 0 Å². The molecule has 0 saturated heterocycles. The van der Waals surface area contributed by atoms with Crippen LogP contribution in [-0.2, 0) is 13.0 Å². The van der Waals surface area contributed by atoms with E-state index in [2.05, 4.69) is 5.32 Å². The highest BCUT2D eigenvalue weighted by molar-refractivity contribution is 5.51. The van der Waals surface area contributed by atoms with Crippen LogP contribution in [0.4, 0.5) is 4.39 Å². The van der Waals surface area contributed by atoms with Crippen molar-refractivity contribution in [2.75, 3.05) is 26.9 Å². The van der Waals surface area contributed by atoms with Crippen molar-refractivity contribution < 1.29 is 18.6 Å². The lowest BCUT2D eigenvalue weighted by molar-refractivity contribution is 0.296. The maximum Gasteiger partial charge on any atom is 0.164 e. The summed E-state index contributed by atoms with van der Waals surface area (Å²) in [6, 6.07) is 10.8. The molecule has 134 valence electrons. The Bertz CT molecular complexity index is 705. The number of aryl methyl sites for hydroxylation is 1. The van der Waals surface area contributed by atoms with Crippen molar-refractivity contribution in [3.63, 3.8) is 0 Å². The lowest BCUT2D eigenvalue weighted by Crippen LogP contribution is -2.16. The summed E-state index contributed by atoms with van der Waals surface area (Å²) < 4.78 is 30.5. The van der Waals surface area contributed by atoms with E-state index >= 15 is 0 Å². The van der Waals surface area contributed by atoms with Crippen LogP contribution in [0, 0.1) is 5.82 Å². The molecule has 4 nitrogen and oxygen atoms in total. The highest BCUT2D eigenvalue weighted by Gasteiger charge is 2.15. The van der Waals surface area contributed by atoms with Gasteiger partial charge in [0, 0.05) is 24.6 Å². The van der Waals surface area contributed by atoms with Gasteiger partial charge in [-0.05, 0) is 37.1 Å². The van der Waals surface area contributed by atoms with Gasteiger partial charge in [0.1, 0.15) is 11.6 Å². The van der Waals surface area contributed by atoms with Gasteiger partial charge in [0.15, 0.2) is 11.5 Å². The van der Waals surface area contributed by atoms with Crippen molar-refractivity contribution in [1.82, 2.24) is 5.32 Å². The van der Waals surface area contributed by atoms with E-state index in [0.717, 1.165) is 54.2 Å². The van der Waals surface area contributed by atoms with Gasteiger partial charge in [-0.1, -0.05) is 18.2 Å². The Morgan fingerprint density at radius 1 is 1.08 bits per heavy atom. The molecule has 1 N–H and O–H groups in total. The molecule has 0 radical (unpaired) electrons. The molecule has 0 bridgehead atoms. The van der Waals surface area contributed by atoms with E-state index in [-0.39, 0.29) is 5.82 Å². The maximum atomic E-state index is 13.6. The van der Waals surface area contributed by atoms with Crippen LogP contribution in [0.5, 0.6) is 17.2 Å². The van der Waals surface area contributed by atoms with Crippen LogP contribution in [0.3, 0.4) is 0 Å². The van der Waals surface area contributed by atoms with Crippen LogP contribution in [0.15, 0.2) is 36.4 Å². The first-order valence-corrected chi connectivity index (χ1v) is 8.68. The van der Waals surface area contributed by atoms with Gasteiger partial charge in [-0.3, -0.25) is 0 Å². The first kappa shape index (κ1) is 17.5. The molecule has 25 heavy (non-hydrogen) atoms. The number of benzene rings is 2. The number of ether oxygens (including phenoxy) is 3. The van der Waals surface area contributed by atoms with E-state index in [1.54, 1.807) is 13.2 Å². The van der Waals surface area contributed by atoms with Crippen molar-refractivity contribution in [3.8, 4) is 17.2 Å². The zero-order valence-corrected chi connectivity index (χ0v) is 14.5. The van der Waals surface area contributed by atoms with Crippen molar-refractivity contribution >= 4 is 0 Å². The Labute approximate surface area is 147 Å². The monoisotopic (exact) mass is 345 g/mol. The van der Waals surface area contributed by atoms with Gasteiger partial charge in [-0.2, -0.15) is 0 Å². The van der Waals surface area contributed by atoms with Crippen LogP contribution in [0.1, 0.15) is 24.0 Å². The second kappa shape index (κ2) is 8.72. The first-order chi connectivity index (χ1) is 12.3. The zero-order chi connectivity index (χ0) is 17.5. The van der Waals surface area contributed by atoms with Gasteiger partial charge in [-0.15, -0.1) is 0 Å². The van der Waals surface area contributed by atoms with E-state index < -0.39 is 0 Å². The largest absolute Gasteiger partial charge is 0.496 e. The third-order valence-corrected chi connectivity index (χ3v) is 4.22. The summed E-state index contributed by atoms with van der Waals surface area (Å²) in [6.45, 7) is 2.78. The highest BCUT2D eigenvalue weighted by atomic mass is 19.1. The molecule has 0 aromatic heterocycles. The Morgan fingerprint density at radius 3 is 2.60 bits per heavy atom.